The number of H-pyrrole nitrogens is 1. The summed E-state index contributed by atoms with van der Waals surface area (Å²) in [5, 5.41) is 10.1. The fourth-order valence-electron chi connectivity index (χ4n) is 3.72. The zero-order valence-electron chi connectivity index (χ0n) is 14.2. The number of hydrogen-bond donors (Lipinski definition) is 2. The molecule has 0 aliphatic heterocycles. The third-order valence-corrected chi connectivity index (χ3v) is 4.92. The second-order valence-electron chi connectivity index (χ2n) is 6.49. The predicted octanol–water partition coefficient (Wildman–Crippen LogP) is 3.42. The number of para-hydroxylation sites is 1. The maximum Gasteiger partial charge on any atom is 0.128 e. The molecule has 25 heavy (non-hydrogen) atoms. The van der Waals surface area contributed by atoms with Crippen LogP contribution in [0.2, 0.25) is 0 Å². The summed E-state index contributed by atoms with van der Waals surface area (Å²) in [5.74, 6) is 0.789. The summed E-state index contributed by atoms with van der Waals surface area (Å²) >= 11 is 0. The quantitative estimate of drug-likeness (QED) is 0.764. The van der Waals surface area contributed by atoms with Crippen LogP contribution < -0.4 is 4.74 Å². The summed E-state index contributed by atoms with van der Waals surface area (Å²) < 4.78 is 7.71. The van der Waals surface area contributed by atoms with Crippen LogP contribution in [-0.4, -0.2) is 37.8 Å². The molecule has 2 aromatic heterocycles. The van der Waals surface area contributed by atoms with Gasteiger partial charge in [0.15, 0.2) is 0 Å². The zero-order valence-corrected chi connectivity index (χ0v) is 14.2. The lowest BCUT2D eigenvalue weighted by Crippen LogP contribution is -2.22. The summed E-state index contributed by atoms with van der Waals surface area (Å²) in [7, 11) is 1.67. The molecule has 130 valence electrons. The summed E-state index contributed by atoms with van der Waals surface area (Å²) in [4.78, 5) is 12.1. The highest BCUT2D eigenvalue weighted by molar-refractivity contribution is 5.80. The molecule has 0 saturated heterocycles. The number of aromatic nitrogens is 4. The lowest BCUT2D eigenvalue weighted by Gasteiger charge is -2.28. The second kappa shape index (κ2) is 6.72. The molecule has 0 unspecified atom stereocenters. The molecule has 0 spiro atoms. The molecule has 2 heterocycles. The smallest absolute Gasteiger partial charge is 0.128 e. The van der Waals surface area contributed by atoms with Crippen LogP contribution in [0, 0.1) is 0 Å². The van der Waals surface area contributed by atoms with Gasteiger partial charge in [-0.25, -0.2) is 9.97 Å². The van der Waals surface area contributed by atoms with Crippen LogP contribution >= 0.6 is 0 Å². The second-order valence-corrected chi connectivity index (χ2v) is 6.49. The van der Waals surface area contributed by atoms with Crippen LogP contribution in [0.3, 0.4) is 0 Å². The lowest BCUT2D eigenvalue weighted by molar-refractivity contribution is 0.104. The van der Waals surface area contributed by atoms with Gasteiger partial charge in [0.1, 0.15) is 11.4 Å². The van der Waals surface area contributed by atoms with Crippen molar-refractivity contribution in [2.75, 3.05) is 7.11 Å². The fraction of sp³-hybridized carbons (Fsp3) is 0.368. The van der Waals surface area contributed by atoms with Crippen LogP contribution in [0.15, 0.2) is 43.1 Å². The van der Waals surface area contributed by atoms with Gasteiger partial charge < -0.3 is 19.4 Å². The standard InChI is InChI=1S/C19H22N4O2/c1-25-17-8-3-2-7-15(17)18-19(16-10-20-11-21-16)23(12-22-18)13-5-4-6-14(24)9-13/h2-3,7-8,10-14,24H,4-6,9H2,1H3,(H,20,21)/t13-,14-/m1/s1. The zero-order chi connectivity index (χ0) is 17.2. The summed E-state index contributed by atoms with van der Waals surface area (Å²) in [6.07, 6.45) is 8.81. The van der Waals surface area contributed by atoms with E-state index < -0.39 is 0 Å². The molecular formula is C19H22N4O2. The van der Waals surface area contributed by atoms with Gasteiger partial charge in [-0.2, -0.15) is 0 Å². The van der Waals surface area contributed by atoms with Gasteiger partial charge in [0.2, 0.25) is 0 Å². The molecule has 1 saturated carbocycles. The van der Waals surface area contributed by atoms with Crippen molar-refractivity contribution in [2.45, 2.75) is 37.8 Å². The number of rotatable bonds is 4. The first-order chi connectivity index (χ1) is 12.3. The van der Waals surface area contributed by atoms with Crippen molar-refractivity contribution in [3.05, 3.63) is 43.1 Å². The van der Waals surface area contributed by atoms with Crippen molar-refractivity contribution < 1.29 is 9.84 Å². The molecular weight excluding hydrogens is 316 g/mol. The fourth-order valence-corrected chi connectivity index (χ4v) is 3.72. The molecule has 6 nitrogen and oxygen atoms in total. The number of nitrogens with zero attached hydrogens (tertiary/aromatic N) is 3. The normalized spacial score (nSPS) is 20.6. The first kappa shape index (κ1) is 15.9. The number of methoxy groups -OCH3 is 1. The molecule has 2 N–H and O–H groups in total. The Bertz CT molecular complexity index is 841. The van der Waals surface area contributed by atoms with Gasteiger partial charge in [-0.1, -0.05) is 12.1 Å². The van der Waals surface area contributed by atoms with E-state index >= 15 is 0 Å². The molecule has 1 aromatic carbocycles. The van der Waals surface area contributed by atoms with Gasteiger partial charge in [-0.15, -0.1) is 0 Å². The minimum Gasteiger partial charge on any atom is -0.496 e. The third-order valence-electron chi connectivity index (χ3n) is 4.92. The van der Waals surface area contributed by atoms with Gasteiger partial charge in [0, 0.05) is 11.6 Å². The van der Waals surface area contributed by atoms with Crippen molar-refractivity contribution in [3.8, 4) is 28.4 Å². The average Bonchev–Trinajstić information content (AvgIpc) is 3.30. The van der Waals surface area contributed by atoms with E-state index in [-0.39, 0.29) is 12.1 Å². The van der Waals surface area contributed by atoms with Gasteiger partial charge in [-0.3, -0.25) is 0 Å². The Morgan fingerprint density at radius 1 is 1.28 bits per heavy atom. The Labute approximate surface area is 146 Å². The molecule has 0 bridgehead atoms. The largest absolute Gasteiger partial charge is 0.496 e. The predicted molar refractivity (Wildman–Crippen MR) is 95.3 cm³/mol. The number of aliphatic hydroxyl groups is 1. The molecule has 2 atom stereocenters. The molecule has 0 amide bonds. The minimum absolute atomic E-state index is 0.234. The van der Waals surface area contributed by atoms with E-state index in [2.05, 4.69) is 14.5 Å². The number of nitrogens with one attached hydrogen (secondary N) is 1. The number of imidazole rings is 2. The molecule has 3 aromatic rings. The van der Waals surface area contributed by atoms with Crippen LogP contribution in [-0.2, 0) is 0 Å². The average molecular weight is 338 g/mol. The highest BCUT2D eigenvalue weighted by atomic mass is 16.5. The lowest BCUT2D eigenvalue weighted by atomic mass is 9.92. The molecule has 1 aliphatic rings. The number of aromatic amines is 1. The van der Waals surface area contributed by atoms with Crippen LogP contribution in [0.5, 0.6) is 5.75 Å². The van der Waals surface area contributed by atoms with Gasteiger partial charge in [-0.05, 0) is 37.8 Å². The molecule has 1 fully saturated rings. The first-order valence-electron chi connectivity index (χ1n) is 8.65. The van der Waals surface area contributed by atoms with Crippen molar-refractivity contribution in [3.63, 3.8) is 0 Å². The number of aliphatic hydroxyl groups excluding tert-OH is 1. The SMILES string of the molecule is COc1ccccc1-c1ncn([C@@H]2CCC[C@@H](O)C2)c1-c1cnc[nH]1. The van der Waals surface area contributed by atoms with Crippen LogP contribution in [0.25, 0.3) is 22.6 Å². The van der Waals surface area contributed by atoms with Crippen molar-refractivity contribution in [1.29, 1.82) is 0 Å². The van der Waals surface area contributed by atoms with E-state index in [1.54, 1.807) is 13.4 Å². The number of hydrogen-bond acceptors (Lipinski definition) is 4. The Kier molecular flexibility index (Phi) is 4.28. The van der Waals surface area contributed by atoms with Crippen LogP contribution in [0.1, 0.15) is 31.7 Å². The maximum atomic E-state index is 10.1. The van der Waals surface area contributed by atoms with Crippen molar-refractivity contribution in [2.24, 2.45) is 0 Å². The van der Waals surface area contributed by atoms with Crippen molar-refractivity contribution >= 4 is 0 Å². The molecule has 6 heteroatoms. The van der Waals surface area contributed by atoms with E-state index in [0.717, 1.165) is 54.1 Å². The monoisotopic (exact) mass is 338 g/mol. The Morgan fingerprint density at radius 3 is 2.92 bits per heavy atom. The topological polar surface area (TPSA) is 76.0 Å². The van der Waals surface area contributed by atoms with E-state index in [1.807, 2.05) is 36.8 Å². The maximum absolute atomic E-state index is 10.1. The summed E-state index contributed by atoms with van der Waals surface area (Å²) in [6.45, 7) is 0. The molecule has 4 rings (SSSR count). The number of ether oxygens (including phenoxy) is 1. The van der Waals surface area contributed by atoms with Gasteiger partial charge in [0.05, 0.1) is 43.5 Å². The highest BCUT2D eigenvalue weighted by Gasteiger charge is 2.27. The molecule has 1 aliphatic carbocycles. The Morgan fingerprint density at radius 2 is 2.16 bits per heavy atom. The van der Waals surface area contributed by atoms with E-state index in [4.69, 9.17) is 9.72 Å². The van der Waals surface area contributed by atoms with E-state index in [9.17, 15) is 5.11 Å². The first-order valence-corrected chi connectivity index (χ1v) is 8.65. The minimum atomic E-state index is -0.245. The van der Waals surface area contributed by atoms with E-state index in [1.165, 1.54) is 0 Å². The van der Waals surface area contributed by atoms with Gasteiger partial charge in [0.25, 0.3) is 0 Å². The summed E-state index contributed by atoms with van der Waals surface area (Å²) in [6, 6.07) is 8.12. The Hall–Kier alpha value is -2.60. The Balaban J connectivity index is 1.86. The highest BCUT2D eigenvalue weighted by Crippen LogP contribution is 2.39. The van der Waals surface area contributed by atoms with Gasteiger partial charge >= 0.3 is 0 Å². The van der Waals surface area contributed by atoms with E-state index in [0.29, 0.717) is 0 Å². The molecule has 0 radical (unpaired) electrons. The van der Waals surface area contributed by atoms with Crippen LogP contribution in [0.4, 0.5) is 0 Å². The number of benzene rings is 1. The summed E-state index contributed by atoms with van der Waals surface area (Å²) in [5.41, 5.74) is 3.71. The van der Waals surface area contributed by atoms with Crippen molar-refractivity contribution in [1.82, 2.24) is 19.5 Å². The third kappa shape index (κ3) is 2.93.